The predicted octanol–water partition coefficient (Wildman–Crippen LogP) is 3.20. The van der Waals surface area contributed by atoms with Crippen molar-refractivity contribution in [1.29, 1.82) is 0 Å². The third kappa shape index (κ3) is 8.28. The number of carbonyl (C=O) groups excluding carboxylic acids is 4. The summed E-state index contributed by atoms with van der Waals surface area (Å²) in [5, 5.41) is 10.8. The number of nitrogens with one attached hydrogen (secondary N) is 3. The number of carbonyl (C=O) groups is 4. The lowest BCUT2D eigenvalue weighted by Gasteiger charge is -2.44. The fraction of sp³-hybridized carbons (Fsp3) is 0.444. The second-order valence-electron chi connectivity index (χ2n) is 12.8. The van der Waals surface area contributed by atoms with E-state index in [9.17, 15) is 23.6 Å². The smallest absolute Gasteiger partial charge is 0.246 e. The maximum atomic E-state index is 14.4. The van der Waals surface area contributed by atoms with Crippen LogP contribution in [0.4, 0.5) is 4.39 Å². The number of amides is 4. The molecule has 1 saturated carbocycles. The Morgan fingerprint density at radius 2 is 1.59 bits per heavy atom. The van der Waals surface area contributed by atoms with Crippen LogP contribution in [0.15, 0.2) is 66.7 Å². The lowest BCUT2D eigenvalue weighted by molar-refractivity contribution is -0.157. The van der Waals surface area contributed by atoms with Crippen LogP contribution in [0.1, 0.15) is 44.2 Å². The van der Waals surface area contributed by atoms with Gasteiger partial charge in [0.05, 0.1) is 6.54 Å². The number of nitrogens with zero attached hydrogens (tertiary/aromatic N) is 2. The average Bonchev–Trinajstić information content (AvgIpc) is 3.85. The normalized spacial score (nSPS) is 18.0. The first-order valence-corrected chi connectivity index (χ1v) is 16.2. The van der Waals surface area contributed by atoms with Gasteiger partial charge >= 0.3 is 0 Å². The van der Waals surface area contributed by atoms with E-state index in [1.165, 1.54) is 12.1 Å². The highest BCUT2D eigenvalue weighted by Crippen LogP contribution is 2.36. The van der Waals surface area contributed by atoms with Crippen molar-refractivity contribution in [3.63, 3.8) is 0 Å². The van der Waals surface area contributed by atoms with Gasteiger partial charge in [0.15, 0.2) is 0 Å². The van der Waals surface area contributed by atoms with E-state index in [4.69, 9.17) is 0 Å². The second-order valence-corrected chi connectivity index (χ2v) is 12.8. The van der Waals surface area contributed by atoms with Crippen LogP contribution in [0, 0.1) is 11.7 Å². The molecule has 0 aromatic heterocycles. The standard InChI is InChI=1S/C36H44FN5O4/c1-23(2)39-34(44)31(21-26-10-13-27-6-4-5-7-28(27)18-26)41-16-17-42(32(36(41)46)20-25-8-9-25)35(45)30(40-33(43)22-38-3)19-24-11-14-29(37)15-12-24/h4-7,10-15,18,23,25,30-32,38H,8-9,16-17,19-22H2,1-3H3,(H,39,44)(H,40,43)/t30?,31?,32-/m1/s1. The second kappa shape index (κ2) is 14.9. The van der Waals surface area contributed by atoms with Gasteiger partial charge in [-0.15, -0.1) is 0 Å². The molecule has 244 valence electrons. The zero-order valence-electron chi connectivity index (χ0n) is 26.8. The molecule has 0 bridgehead atoms. The number of halogens is 1. The van der Waals surface area contributed by atoms with E-state index in [0.717, 1.165) is 29.2 Å². The Morgan fingerprint density at radius 1 is 0.891 bits per heavy atom. The van der Waals surface area contributed by atoms with Gasteiger partial charge in [-0.2, -0.15) is 0 Å². The SMILES string of the molecule is CNCC(=O)NC(Cc1ccc(F)cc1)C(=O)N1CCN(C(Cc2ccc3ccccc3c2)C(=O)NC(C)C)C(=O)[C@H]1CC1CC1. The molecule has 9 nitrogen and oxygen atoms in total. The molecule has 1 saturated heterocycles. The summed E-state index contributed by atoms with van der Waals surface area (Å²) < 4.78 is 13.6. The molecular weight excluding hydrogens is 585 g/mol. The fourth-order valence-corrected chi connectivity index (χ4v) is 6.25. The monoisotopic (exact) mass is 629 g/mol. The average molecular weight is 630 g/mol. The Hall–Kier alpha value is -4.31. The van der Waals surface area contributed by atoms with Gasteiger partial charge in [-0.1, -0.05) is 67.4 Å². The Kier molecular flexibility index (Phi) is 10.7. The van der Waals surface area contributed by atoms with Crippen LogP contribution in [-0.2, 0) is 32.0 Å². The third-order valence-corrected chi connectivity index (χ3v) is 8.74. The van der Waals surface area contributed by atoms with E-state index < -0.39 is 23.9 Å². The van der Waals surface area contributed by atoms with Crippen LogP contribution in [0.25, 0.3) is 10.8 Å². The molecule has 1 aliphatic heterocycles. The van der Waals surface area contributed by atoms with Crippen molar-refractivity contribution in [3.05, 3.63) is 83.7 Å². The summed E-state index contributed by atoms with van der Waals surface area (Å²) in [6.07, 6.45) is 2.96. The quantitative estimate of drug-likeness (QED) is 0.269. The van der Waals surface area contributed by atoms with Gasteiger partial charge in [-0.05, 0) is 67.3 Å². The lowest BCUT2D eigenvalue weighted by atomic mass is 9.96. The van der Waals surface area contributed by atoms with Crippen LogP contribution in [-0.4, -0.2) is 84.3 Å². The zero-order valence-corrected chi connectivity index (χ0v) is 26.8. The highest BCUT2D eigenvalue weighted by Gasteiger charge is 2.45. The molecule has 2 fully saturated rings. The van der Waals surface area contributed by atoms with Crippen molar-refractivity contribution >= 4 is 34.4 Å². The van der Waals surface area contributed by atoms with Gasteiger partial charge in [0.2, 0.25) is 23.6 Å². The number of hydrogen-bond acceptors (Lipinski definition) is 5. The van der Waals surface area contributed by atoms with Gasteiger partial charge in [0.1, 0.15) is 23.9 Å². The van der Waals surface area contributed by atoms with Gasteiger partial charge in [0, 0.05) is 32.0 Å². The summed E-state index contributed by atoms with van der Waals surface area (Å²) in [7, 11) is 1.64. The summed E-state index contributed by atoms with van der Waals surface area (Å²) in [5.41, 5.74) is 1.63. The van der Waals surface area contributed by atoms with E-state index in [2.05, 4.69) is 22.0 Å². The fourth-order valence-electron chi connectivity index (χ4n) is 6.25. The van der Waals surface area contributed by atoms with Gasteiger partial charge in [-0.3, -0.25) is 19.2 Å². The summed E-state index contributed by atoms with van der Waals surface area (Å²) in [4.78, 5) is 58.2. The number of hydrogen-bond donors (Lipinski definition) is 3. The molecule has 3 N–H and O–H groups in total. The number of fused-ring (bicyclic) bond motifs is 1. The molecule has 0 spiro atoms. The van der Waals surface area contributed by atoms with E-state index in [0.29, 0.717) is 24.3 Å². The summed E-state index contributed by atoms with van der Waals surface area (Å²) in [6.45, 7) is 4.22. The molecule has 3 atom stereocenters. The van der Waals surface area contributed by atoms with E-state index in [-0.39, 0.29) is 55.7 Å². The summed E-state index contributed by atoms with van der Waals surface area (Å²) >= 11 is 0. The minimum atomic E-state index is -0.940. The van der Waals surface area contributed by atoms with Crippen LogP contribution in [0.5, 0.6) is 0 Å². The van der Waals surface area contributed by atoms with Gasteiger partial charge in [-0.25, -0.2) is 4.39 Å². The van der Waals surface area contributed by atoms with Crippen molar-refractivity contribution in [2.75, 3.05) is 26.7 Å². The van der Waals surface area contributed by atoms with E-state index in [1.807, 2.05) is 50.2 Å². The van der Waals surface area contributed by atoms with Crippen LogP contribution >= 0.6 is 0 Å². The molecular formula is C36H44FN5O4. The highest BCUT2D eigenvalue weighted by atomic mass is 19.1. The van der Waals surface area contributed by atoms with Crippen LogP contribution < -0.4 is 16.0 Å². The number of piperazine rings is 1. The van der Waals surface area contributed by atoms with Crippen molar-refractivity contribution in [3.8, 4) is 0 Å². The molecule has 10 heteroatoms. The highest BCUT2D eigenvalue weighted by molar-refractivity contribution is 5.96. The Morgan fingerprint density at radius 3 is 2.26 bits per heavy atom. The zero-order chi connectivity index (χ0) is 32.8. The molecule has 2 unspecified atom stereocenters. The topological polar surface area (TPSA) is 111 Å². The summed E-state index contributed by atoms with van der Waals surface area (Å²) in [6, 6.07) is 17.4. The molecule has 1 heterocycles. The van der Waals surface area contributed by atoms with Crippen LogP contribution in [0.2, 0.25) is 0 Å². The third-order valence-electron chi connectivity index (χ3n) is 8.74. The largest absolute Gasteiger partial charge is 0.352 e. The first-order valence-electron chi connectivity index (χ1n) is 16.2. The van der Waals surface area contributed by atoms with E-state index in [1.54, 1.807) is 29.0 Å². The van der Waals surface area contributed by atoms with Crippen LogP contribution in [0.3, 0.4) is 0 Å². The van der Waals surface area contributed by atoms with Gasteiger partial charge in [0.25, 0.3) is 0 Å². The van der Waals surface area contributed by atoms with Crippen molar-refractivity contribution in [1.82, 2.24) is 25.8 Å². The lowest BCUT2D eigenvalue weighted by Crippen LogP contribution is -2.66. The maximum absolute atomic E-state index is 14.4. The number of likely N-dealkylation sites (N-methyl/N-ethyl adjacent to an activating group) is 1. The molecule has 3 aromatic rings. The Labute approximate surface area is 269 Å². The Balaban J connectivity index is 1.41. The van der Waals surface area contributed by atoms with Crippen molar-refractivity contribution < 1.29 is 23.6 Å². The molecule has 1 aliphatic carbocycles. The predicted molar refractivity (Wildman–Crippen MR) is 175 cm³/mol. The number of rotatable bonds is 13. The van der Waals surface area contributed by atoms with E-state index >= 15 is 0 Å². The molecule has 0 radical (unpaired) electrons. The molecule has 3 aromatic carbocycles. The molecule has 5 rings (SSSR count). The first-order chi connectivity index (χ1) is 22.1. The van der Waals surface area contributed by atoms with Crippen molar-refractivity contribution in [2.24, 2.45) is 5.92 Å². The van der Waals surface area contributed by atoms with Crippen molar-refractivity contribution in [2.45, 2.75) is 70.1 Å². The molecule has 2 aliphatic rings. The number of benzene rings is 3. The van der Waals surface area contributed by atoms with Gasteiger partial charge < -0.3 is 25.8 Å². The maximum Gasteiger partial charge on any atom is 0.246 e. The minimum Gasteiger partial charge on any atom is -0.352 e. The Bertz CT molecular complexity index is 1560. The molecule has 4 amide bonds. The summed E-state index contributed by atoms with van der Waals surface area (Å²) in [5.74, 6) is -1.26. The molecule has 46 heavy (non-hydrogen) atoms. The minimum absolute atomic E-state index is 0.0207. The first kappa shape index (κ1) is 33.1.